The molecule has 0 fully saturated rings. The third-order valence-corrected chi connectivity index (χ3v) is 2.55. The Hall–Kier alpha value is -0.280. The lowest BCUT2D eigenvalue weighted by Gasteiger charge is -2.11. The SMILES string of the molecule is CCC(C)C(N)C(=O)O.CCCCCCl. The van der Waals surface area contributed by atoms with Crippen LogP contribution in [0.2, 0.25) is 0 Å². The second kappa shape index (κ2) is 11.8. The number of alkyl halides is 1. The van der Waals surface area contributed by atoms with Gasteiger partial charge in [-0.3, -0.25) is 4.79 Å². The lowest BCUT2D eigenvalue weighted by Crippen LogP contribution is -2.36. The van der Waals surface area contributed by atoms with Gasteiger partial charge in [-0.05, 0) is 12.3 Å². The smallest absolute Gasteiger partial charge is 0.320 e. The minimum Gasteiger partial charge on any atom is -0.480 e. The lowest BCUT2D eigenvalue weighted by molar-refractivity contribution is -0.139. The summed E-state index contributed by atoms with van der Waals surface area (Å²) in [5, 5.41) is 8.36. The molecular formula is C11H24ClNO2. The number of hydrogen-bond donors (Lipinski definition) is 2. The maximum atomic E-state index is 10.2. The summed E-state index contributed by atoms with van der Waals surface area (Å²) < 4.78 is 0. The average Bonchev–Trinajstić information content (AvgIpc) is 2.24. The average molecular weight is 238 g/mol. The van der Waals surface area contributed by atoms with E-state index >= 15 is 0 Å². The Morgan fingerprint density at radius 1 is 1.40 bits per heavy atom. The Kier molecular flexibility index (Phi) is 13.5. The number of halogens is 1. The van der Waals surface area contributed by atoms with Crippen LogP contribution in [0.15, 0.2) is 0 Å². The number of carbonyl (C=O) groups is 1. The van der Waals surface area contributed by atoms with E-state index in [1.165, 1.54) is 19.3 Å². The molecule has 3 N–H and O–H groups in total. The van der Waals surface area contributed by atoms with Gasteiger partial charge in [0.2, 0.25) is 0 Å². The van der Waals surface area contributed by atoms with Gasteiger partial charge in [0.25, 0.3) is 0 Å². The highest BCUT2D eigenvalue weighted by molar-refractivity contribution is 6.17. The molecule has 0 aromatic rings. The van der Waals surface area contributed by atoms with Crippen LogP contribution in [0.25, 0.3) is 0 Å². The zero-order chi connectivity index (χ0) is 12.3. The number of aliphatic carboxylic acids is 1. The topological polar surface area (TPSA) is 63.3 Å². The molecule has 0 aliphatic rings. The maximum absolute atomic E-state index is 10.2. The number of unbranched alkanes of at least 4 members (excludes halogenated alkanes) is 2. The van der Waals surface area contributed by atoms with E-state index in [9.17, 15) is 4.79 Å². The fraction of sp³-hybridized carbons (Fsp3) is 0.909. The van der Waals surface area contributed by atoms with Crippen molar-refractivity contribution < 1.29 is 9.90 Å². The monoisotopic (exact) mass is 237 g/mol. The molecule has 0 radical (unpaired) electrons. The number of hydrogen-bond acceptors (Lipinski definition) is 2. The number of carboxylic acid groups (broad SMARTS) is 1. The molecule has 0 aliphatic heterocycles. The predicted molar refractivity (Wildman–Crippen MR) is 65.3 cm³/mol. The molecule has 3 nitrogen and oxygen atoms in total. The zero-order valence-corrected chi connectivity index (χ0v) is 10.8. The van der Waals surface area contributed by atoms with Crippen molar-refractivity contribution in [3.63, 3.8) is 0 Å². The van der Waals surface area contributed by atoms with Crippen LogP contribution in [0.4, 0.5) is 0 Å². The fourth-order valence-corrected chi connectivity index (χ4v) is 1.03. The highest BCUT2D eigenvalue weighted by Gasteiger charge is 2.17. The first-order chi connectivity index (χ1) is 7.01. The molecule has 0 spiro atoms. The van der Waals surface area contributed by atoms with E-state index in [4.69, 9.17) is 22.4 Å². The van der Waals surface area contributed by atoms with Crippen molar-refractivity contribution in [1.29, 1.82) is 0 Å². The van der Waals surface area contributed by atoms with Crippen LogP contribution < -0.4 is 5.73 Å². The highest BCUT2D eigenvalue weighted by atomic mass is 35.5. The predicted octanol–water partition coefficient (Wildman–Crippen LogP) is 2.86. The summed E-state index contributed by atoms with van der Waals surface area (Å²) in [7, 11) is 0. The molecule has 15 heavy (non-hydrogen) atoms. The Balaban J connectivity index is 0. The van der Waals surface area contributed by atoms with Crippen LogP contribution in [0.1, 0.15) is 46.5 Å². The van der Waals surface area contributed by atoms with Crippen LogP contribution in [-0.2, 0) is 4.79 Å². The lowest BCUT2D eigenvalue weighted by atomic mass is 10.0. The van der Waals surface area contributed by atoms with Crippen LogP contribution in [0.5, 0.6) is 0 Å². The maximum Gasteiger partial charge on any atom is 0.320 e. The molecule has 0 rings (SSSR count). The fourth-order valence-electron chi connectivity index (χ4n) is 0.842. The van der Waals surface area contributed by atoms with E-state index in [2.05, 4.69) is 6.92 Å². The van der Waals surface area contributed by atoms with Gasteiger partial charge in [0.1, 0.15) is 6.04 Å². The summed E-state index contributed by atoms with van der Waals surface area (Å²) in [6.45, 7) is 5.93. The largest absolute Gasteiger partial charge is 0.480 e. The van der Waals surface area contributed by atoms with Gasteiger partial charge in [-0.25, -0.2) is 0 Å². The van der Waals surface area contributed by atoms with Gasteiger partial charge >= 0.3 is 5.97 Å². The first kappa shape index (κ1) is 17.1. The molecule has 2 unspecified atom stereocenters. The Bertz CT molecular complexity index is 150. The van der Waals surface area contributed by atoms with Crippen LogP contribution in [0.3, 0.4) is 0 Å². The molecule has 0 aromatic carbocycles. The van der Waals surface area contributed by atoms with Crippen LogP contribution in [0, 0.1) is 5.92 Å². The normalized spacial score (nSPS) is 13.7. The van der Waals surface area contributed by atoms with E-state index in [0.717, 1.165) is 12.3 Å². The van der Waals surface area contributed by atoms with E-state index in [1.807, 2.05) is 13.8 Å². The molecular weight excluding hydrogens is 214 g/mol. The minimum atomic E-state index is -0.913. The van der Waals surface area contributed by atoms with Gasteiger partial charge in [-0.1, -0.05) is 40.0 Å². The summed E-state index contributed by atoms with van der Waals surface area (Å²) in [6, 6.07) is -0.699. The van der Waals surface area contributed by atoms with Gasteiger partial charge in [0.05, 0.1) is 0 Å². The van der Waals surface area contributed by atoms with Crippen LogP contribution in [-0.4, -0.2) is 23.0 Å². The Labute approximate surface area is 98.0 Å². The van der Waals surface area contributed by atoms with Crippen molar-refractivity contribution in [2.45, 2.75) is 52.5 Å². The van der Waals surface area contributed by atoms with Crippen molar-refractivity contribution in [2.75, 3.05) is 5.88 Å². The Morgan fingerprint density at radius 3 is 2.07 bits per heavy atom. The van der Waals surface area contributed by atoms with E-state index in [-0.39, 0.29) is 5.92 Å². The molecule has 0 saturated heterocycles. The van der Waals surface area contributed by atoms with Crippen molar-refractivity contribution in [3.8, 4) is 0 Å². The molecule has 0 saturated carbocycles. The summed E-state index contributed by atoms with van der Waals surface area (Å²) in [5.41, 5.74) is 5.27. The zero-order valence-electron chi connectivity index (χ0n) is 10.0. The third-order valence-electron chi connectivity index (χ3n) is 2.28. The van der Waals surface area contributed by atoms with Crippen LogP contribution >= 0.6 is 11.6 Å². The Morgan fingerprint density at radius 2 is 1.93 bits per heavy atom. The second-order valence-electron chi connectivity index (χ2n) is 3.65. The first-order valence-electron chi connectivity index (χ1n) is 5.55. The minimum absolute atomic E-state index is 0.0718. The van der Waals surface area contributed by atoms with Gasteiger partial charge in [-0.2, -0.15) is 0 Å². The summed E-state index contributed by atoms with van der Waals surface area (Å²) in [4.78, 5) is 10.2. The molecule has 4 heteroatoms. The molecule has 92 valence electrons. The van der Waals surface area contributed by atoms with Gasteiger partial charge in [0, 0.05) is 5.88 Å². The van der Waals surface area contributed by atoms with Gasteiger partial charge in [0.15, 0.2) is 0 Å². The van der Waals surface area contributed by atoms with Crippen molar-refractivity contribution in [3.05, 3.63) is 0 Å². The van der Waals surface area contributed by atoms with Crippen molar-refractivity contribution in [2.24, 2.45) is 11.7 Å². The number of carboxylic acids is 1. The number of nitrogens with two attached hydrogens (primary N) is 1. The second-order valence-corrected chi connectivity index (χ2v) is 4.02. The van der Waals surface area contributed by atoms with E-state index in [0.29, 0.717) is 0 Å². The molecule has 0 aliphatic carbocycles. The van der Waals surface area contributed by atoms with E-state index < -0.39 is 12.0 Å². The first-order valence-corrected chi connectivity index (χ1v) is 6.08. The van der Waals surface area contributed by atoms with Crippen molar-refractivity contribution in [1.82, 2.24) is 0 Å². The summed E-state index contributed by atoms with van der Waals surface area (Å²) in [6.07, 6.45) is 4.54. The van der Waals surface area contributed by atoms with E-state index in [1.54, 1.807) is 0 Å². The molecule has 0 bridgehead atoms. The third kappa shape index (κ3) is 11.6. The molecule has 0 heterocycles. The van der Waals surface area contributed by atoms with Gasteiger partial charge in [-0.15, -0.1) is 11.6 Å². The van der Waals surface area contributed by atoms with Crippen molar-refractivity contribution >= 4 is 17.6 Å². The molecule has 2 atom stereocenters. The highest BCUT2D eigenvalue weighted by Crippen LogP contribution is 2.04. The molecule has 0 amide bonds. The quantitative estimate of drug-likeness (QED) is 0.552. The molecule has 0 aromatic heterocycles. The number of rotatable bonds is 6. The summed E-state index contributed by atoms with van der Waals surface area (Å²) in [5.74, 6) is -0.0137. The van der Waals surface area contributed by atoms with Gasteiger partial charge < -0.3 is 10.8 Å². The summed E-state index contributed by atoms with van der Waals surface area (Å²) >= 11 is 5.38. The standard InChI is InChI=1S/C6H13NO2.C5H11Cl/c1-3-4(2)5(7)6(8)9;1-2-3-4-5-6/h4-5H,3,7H2,1-2H3,(H,8,9);2-5H2,1H3.